The van der Waals surface area contributed by atoms with Gasteiger partial charge in [0.1, 0.15) is 11.8 Å². The number of hydrogen-bond donors (Lipinski definition) is 2. The number of rotatable bonds is 3. The van der Waals surface area contributed by atoms with Gasteiger partial charge in [0.05, 0.1) is 5.02 Å². The zero-order valence-corrected chi connectivity index (χ0v) is 13.7. The number of hydrogen-bond acceptors (Lipinski definition) is 3. The molecular formula is C16H14BrClN2O. The zero-order valence-electron chi connectivity index (χ0n) is 11.4. The summed E-state index contributed by atoms with van der Waals surface area (Å²) in [6.07, 6.45) is 0. The topological polar surface area (TPSA) is 51.2 Å². The normalized spacial score (nSPS) is 12.8. The molecule has 0 fully saturated rings. The summed E-state index contributed by atoms with van der Waals surface area (Å²) in [6.45, 7) is 2.04. The van der Waals surface area contributed by atoms with E-state index in [9.17, 15) is 0 Å². The van der Waals surface area contributed by atoms with E-state index in [1.165, 1.54) is 0 Å². The third-order valence-corrected chi connectivity index (χ3v) is 4.30. The number of nitrogens with two attached hydrogens (primary N) is 1. The third-order valence-electron chi connectivity index (χ3n) is 3.51. The van der Waals surface area contributed by atoms with E-state index < -0.39 is 0 Å². The van der Waals surface area contributed by atoms with Gasteiger partial charge >= 0.3 is 0 Å². The lowest BCUT2D eigenvalue weighted by Crippen LogP contribution is -2.29. The molecule has 2 aromatic carbocycles. The Labute approximate surface area is 136 Å². The number of para-hydroxylation sites is 1. The Bertz CT molecular complexity index is 800. The molecule has 0 aliphatic carbocycles. The second kappa shape index (κ2) is 5.81. The summed E-state index contributed by atoms with van der Waals surface area (Å²) >= 11 is 9.63. The van der Waals surface area contributed by atoms with Gasteiger partial charge in [-0.05, 0) is 42.3 Å². The molecule has 0 aliphatic heterocycles. The van der Waals surface area contributed by atoms with Gasteiger partial charge in [-0.15, -0.1) is 0 Å². The molecular weight excluding hydrogens is 352 g/mol. The minimum atomic E-state index is -0.221. The minimum Gasteiger partial charge on any atom is -0.457 e. The van der Waals surface area contributed by atoms with E-state index in [1.807, 2.05) is 43.3 Å². The van der Waals surface area contributed by atoms with Crippen LogP contribution in [0.15, 0.2) is 51.4 Å². The summed E-state index contributed by atoms with van der Waals surface area (Å²) in [4.78, 5) is 0. The van der Waals surface area contributed by atoms with Crippen molar-refractivity contribution in [1.29, 1.82) is 0 Å². The van der Waals surface area contributed by atoms with Gasteiger partial charge in [-0.1, -0.05) is 45.7 Å². The van der Waals surface area contributed by atoms with E-state index in [4.69, 9.17) is 21.9 Å². The van der Waals surface area contributed by atoms with Crippen molar-refractivity contribution in [2.24, 2.45) is 5.84 Å². The van der Waals surface area contributed by atoms with Crippen LogP contribution < -0.4 is 11.3 Å². The van der Waals surface area contributed by atoms with Crippen LogP contribution in [0.4, 0.5) is 0 Å². The molecule has 0 radical (unpaired) electrons. The Morgan fingerprint density at radius 1 is 1.24 bits per heavy atom. The number of benzene rings is 2. The monoisotopic (exact) mass is 364 g/mol. The quantitative estimate of drug-likeness (QED) is 0.522. The van der Waals surface area contributed by atoms with Gasteiger partial charge in [0.2, 0.25) is 0 Å². The van der Waals surface area contributed by atoms with E-state index >= 15 is 0 Å². The summed E-state index contributed by atoms with van der Waals surface area (Å²) in [5, 5.41) is 1.56. The molecule has 1 atom stereocenters. The second-order valence-electron chi connectivity index (χ2n) is 4.91. The Balaban J connectivity index is 2.11. The molecule has 21 heavy (non-hydrogen) atoms. The van der Waals surface area contributed by atoms with Gasteiger partial charge < -0.3 is 4.42 Å². The molecule has 1 unspecified atom stereocenters. The maximum absolute atomic E-state index is 6.16. The van der Waals surface area contributed by atoms with Crippen molar-refractivity contribution < 1.29 is 4.42 Å². The first-order valence-corrected chi connectivity index (χ1v) is 7.67. The van der Waals surface area contributed by atoms with Crippen LogP contribution in [0, 0.1) is 6.92 Å². The van der Waals surface area contributed by atoms with Crippen LogP contribution in [0.3, 0.4) is 0 Å². The van der Waals surface area contributed by atoms with Crippen LogP contribution in [-0.2, 0) is 0 Å². The fourth-order valence-corrected chi connectivity index (χ4v) is 3.17. The van der Waals surface area contributed by atoms with Crippen molar-refractivity contribution in [3.63, 3.8) is 0 Å². The zero-order chi connectivity index (χ0) is 15.0. The molecule has 0 saturated heterocycles. The first-order valence-electron chi connectivity index (χ1n) is 6.50. The average Bonchev–Trinajstić information content (AvgIpc) is 2.87. The molecule has 3 rings (SSSR count). The maximum atomic E-state index is 6.16. The molecule has 3 N–H and O–H groups in total. The van der Waals surface area contributed by atoms with Crippen molar-refractivity contribution in [2.75, 3.05) is 0 Å². The fraction of sp³-hybridized carbons (Fsp3) is 0.125. The van der Waals surface area contributed by atoms with Crippen LogP contribution in [0.2, 0.25) is 5.02 Å². The Morgan fingerprint density at radius 2 is 2.05 bits per heavy atom. The van der Waals surface area contributed by atoms with Gasteiger partial charge in [-0.2, -0.15) is 0 Å². The number of hydrazine groups is 1. The van der Waals surface area contributed by atoms with Crippen molar-refractivity contribution in [3.05, 3.63) is 68.8 Å². The van der Waals surface area contributed by atoms with E-state index in [0.717, 1.165) is 26.7 Å². The molecule has 0 saturated carbocycles. The minimum absolute atomic E-state index is 0.221. The fourth-order valence-electron chi connectivity index (χ4n) is 2.48. The lowest BCUT2D eigenvalue weighted by Gasteiger charge is -2.16. The molecule has 0 bridgehead atoms. The molecule has 1 aromatic heterocycles. The molecule has 108 valence electrons. The van der Waals surface area contributed by atoms with Gasteiger partial charge in [0.25, 0.3) is 0 Å². The van der Waals surface area contributed by atoms with E-state index in [2.05, 4.69) is 27.4 Å². The van der Waals surface area contributed by atoms with E-state index in [1.54, 1.807) is 0 Å². The number of fused-ring (bicyclic) bond motifs is 1. The summed E-state index contributed by atoms with van der Waals surface area (Å²) < 4.78 is 6.94. The highest BCUT2D eigenvalue weighted by Crippen LogP contribution is 2.33. The largest absolute Gasteiger partial charge is 0.457 e. The van der Waals surface area contributed by atoms with Crippen LogP contribution in [0.1, 0.15) is 22.9 Å². The second-order valence-corrected chi connectivity index (χ2v) is 6.23. The van der Waals surface area contributed by atoms with E-state index in [0.29, 0.717) is 10.6 Å². The molecule has 3 nitrogen and oxygen atoms in total. The van der Waals surface area contributed by atoms with Gasteiger partial charge in [0.15, 0.2) is 5.58 Å². The van der Waals surface area contributed by atoms with Crippen LogP contribution >= 0.6 is 27.5 Å². The Hall–Kier alpha value is -1.33. The molecule has 0 amide bonds. The average molecular weight is 366 g/mol. The Morgan fingerprint density at radius 3 is 2.71 bits per heavy atom. The molecule has 0 spiro atoms. The third kappa shape index (κ3) is 2.72. The number of nitrogens with one attached hydrogen (secondary N) is 1. The highest BCUT2D eigenvalue weighted by molar-refractivity contribution is 9.10. The molecule has 1 heterocycles. The number of aryl methyl sites for hydroxylation is 1. The predicted octanol–water partition coefficient (Wildman–Crippen LogP) is 4.71. The summed E-state index contributed by atoms with van der Waals surface area (Å²) in [6, 6.07) is 13.5. The first kappa shape index (κ1) is 14.6. The highest BCUT2D eigenvalue weighted by atomic mass is 79.9. The summed E-state index contributed by atoms with van der Waals surface area (Å²) in [5.74, 6) is 6.49. The van der Waals surface area contributed by atoms with Crippen LogP contribution in [0.5, 0.6) is 0 Å². The van der Waals surface area contributed by atoms with Gasteiger partial charge in [-0.3, -0.25) is 5.84 Å². The van der Waals surface area contributed by atoms with Crippen molar-refractivity contribution >= 4 is 38.5 Å². The van der Waals surface area contributed by atoms with Crippen molar-refractivity contribution in [3.8, 4) is 0 Å². The number of halogens is 2. The SMILES string of the molecule is Cc1cc(Br)ccc1C(NN)c1cc2cccc(Cl)c2o1. The van der Waals surface area contributed by atoms with Crippen LogP contribution in [0.25, 0.3) is 11.0 Å². The molecule has 0 aliphatic rings. The number of furan rings is 1. The highest BCUT2D eigenvalue weighted by Gasteiger charge is 2.19. The van der Waals surface area contributed by atoms with E-state index in [-0.39, 0.29) is 6.04 Å². The summed E-state index contributed by atoms with van der Waals surface area (Å²) in [5.41, 5.74) is 5.70. The van der Waals surface area contributed by atoms with Gasteiger partial charge in [-0.25, -0.2) is 5.43 Å². The van der Waals surface area contributed by atoms with Crippen LogP contribution in [-0.4, -0.2) is 0 Å². The molecule has 5 heteroatoms. The predicted molar refractivity (Wildman–Crippen MR) is 89.3 cm³/mol. The smallest absolute Gasteiger partial charge is 0.152 e. The lowest BCUT2D eigenvalue weighted by molar-refractivity contribution is 0.476. The molecule has 3 aromatic rings. The Kier molecular flexibility index (Phi) is 4.04. The van der Waals surface area contributed by atoms with Crippen molar-refractivity contribution in [1.82, 2.24) is 5.43 Å². The lowest BCUT2D eigenvalue weighted by atomic mass is 10.00. The maximum Gasteiger partial charge on any atom is 0.152 e. The first-order chi connectivity index (χ1) is 10.1. The summed E-state index contributed by atoms with van der Waals surface area (Å²) in [7, 11) is 0. The standard InChI is InChI=1S/C16H14BrClN2O/c1-9-7-11(17)5-6-12(9)15(20-19)14-8-10-3-2-4-13(18)16(10)21-14/h2-8,15,20H,19H2,1H3. The van der Waals surface area contributed by atoms with Crippen molar-refractivity contribution in [2.45, 2.75) is 13.0 Å². The van der Waals surface area contributed by atoms with Gasteiger partial charge in [0, 0.05) is 9.86 Å².